The SMILES string of the molecule is COc1ccc(C(=O)Oc2ccccc2/C=C/C(=O)Oc2ccccc2/C=N/NC(=O)c2ccc(Cl)cc2)cc1. The molecular weight excluding hydrogens is 532 g/mol. The first-order valence-corrected chi connectivity index (χ1v) is 12.3. The Balaban J connectivity index is 1.39. The van der Waals surface area contributed by atoms with Gasteiger partial charge in [-0.05, 0) is 72.8 Å². The van der Waals surface area contributed by atoms with Gasteiger partial charge in [0.2, 0.25) is 0 Å². The number of halogens is 1. The lowest BCUT2D eigenvalue weighted by molar-refractivity contribution is -0.128. The Morgan fingerprint density at radius 2 is 1.35 bits per heavy atom. The summed E-state index contributed by atoms with van der Waals surface area (Å²) >= 11 is 5.85. The average molecular weight is 555 g/mol. The van der Waals surface area contributed by atoms with E-state index in [1.165, 1.54) is 25.5 Å². The van der Waals surface area contributed by atoms with Crippen LogP contribution in [0.3, 0.4) is 0 Å². The summed E-state index contributed by atoms with van der Waals surface area (Å²) in [6, 6.07) is 26.4. The van der Waals surface area contributed by atoms with Crippen LogP contribution in [0.25, 0.3) is 6.08 Å². The number of hydrazone groups is 1. The van der Waals surface area contributed by atoms with Gasteiger partial charge < -0.3 is 14.2 Å². The summed E-state index contributed by atoms with van der Waals surface area (Å²) in [5.41, 5.74) is 4.13. The van der Waals surface area contributed by atoms with Gasteiger partial charge in [0.25, 0.3) is 5.91 Å². The predicted octanol–water partition coefficient (Wildman–Crippen LogP) is 5.95. The highest BCUT2D eigenvalue weighted by molar-refractivity contribution is 6.30. The zero-order chi connectivity index (χ0) is 28.3. The monoisotopic (exact) mass is 554 g/mol. The zero-order valence-corrected chi connectivity index (χ0v) is 22.0. The summed E-state index contributed by atoms with van der Waals surface area (Å²) in [6.45, 7) is 0. The number of para-hydroxylation sites is 2. The first-order chi connectivity index (χ1) is 19.4. The van der Waals surface area contributed by atoms with E-state index < -0.39 is 17.8 Å². The minimum atomic E-state index is -0.665. The molecule has 0 heterocycles. The average Bonchev–Trinajstić information content (AvgIpc) is 2.98. The highest BCUT2D eigenvalue weighted by Crippen LogP contribution is 2.22. The molecule has 0 aliphatic rings. The second kappa shape index (κ2) is 13.5. The highest BCUT2D eigenvalue weighted by atomic mass is 35.5. The van der Waals surface area contributed by atoms with Crippen molar-refractivity contribution >= 4 is 41.7 Å². The molecule has 0 saturated carbocycles. The largest absolute Gasteiger partial charge is 0.497 e. The van der Waals surface area contributed by atoms with Gasteiger partial charge in [0, 0.05) is 27.8 Å². The van der Waals surface area contributed by atoms with Crippen molar-refractivity contribution in [2.45, 2.75) is 0 Å². The molecule has 0 atom stereocenters. The van der Waals surface area contributed by atoms with E-state index >= 15 is 0 Å². The molecule has 1 N–H and O–H groups in total. The molecule has 0 aliphatic heterocycles. The van der Waals surface area contributed by atoms with Gasteiger partial charge in [0.1, 0.15) is 17.2 Å². The summed E-state index contributed by atoms with van der Waals surface area (Å²) in [6.07, 6.45) is 4.08. The van der Waals surface area contributed by atoms with Crippen molar-refractivity contribution in [3.05, 3.63) is 130 Å². The highest BCUT2D eigenvalue weighted by Gasteiger charge is 2.12. The number of methoxy groups -OCH3 is 1. The maximum atomic E-state index is 12.6. The van der Waals surface area contributed by atoms with Crippen LogP contribution in [-0.2, 0) is 4.79 Å². The van der Waals surface area contributed by atoms with E-state index in [0.717, 1.165) is 0 Å². The number of hydrogen-bond acceptors (Lipinski definition) is 7. The topological polar surface area (TPSA) is 103 Å². The number of nitrogens with one attached hydrogen (secondary N) is 1. The van der Waals surface area contributed by atoms with Gasteiger partial charge in [-0.15, -0.1) is 0 Å². The quantitative estimate of drug-likeness (QED) is 0.0901. The summed E-state index contributed by atoms with van der Waals surface area (Å²) in [5, 5.41) is 4.47. The second-order valence-electron chi connectivity index (χ2n) is 8.15. The molecule has 0 aliphatic carbocycles. The Morgan fingerprint density at radius 1 is 0.750 bits per heavy atom. The van der Waals surface area contributed by atoms with E-state index in [-0.39, 0.29) is 11.5 Å². The molecule has 0 radical (unpaired) electrons. The van der Waals surface area contributed by atoms with Crippen LogP contribution in [0.4, 0.5) is 0 Å². The van der Waals surface area contributed by atoms with Crippen molar-refractivity contribution in [3.8, 4) is 17.2 Å². The predicted molar refractivity (Wildman–Crippen MR) is 152 cm³/mol. The third-order valence-corrected chi connectivity index (χ3v) is 5.70. The number of benzene rings is 4. The molecule has 0 spiro atoms. The normalized spacial score (nSPS) is 10.8. The van der Waals surface area contributed by atoms with Crippen LogP contribution in [-0.4, -0.2) is 31.2 Å². The number of carbonyl (C=O) groups is 3. The van der Waals surface area contributed by atoms with Crippen molar-refractivity contribution in [2.24, 2.45) is 5.10 Å². The zero-order valence-electron chi connectivity index (χ0n) is 21.2. The van der Waals surface area contributed by atoms with Crippen molar-refractivity contribution in [1.82, 2.24) is 5.43 Å². The van der Waals surface area contributed by atoms with Gasteiger partial charge in [0.15, 0.2) is 0 Å². The fraction of sp³-hybridized carbons (Fsp3) is 0.0323. The van der Waals surface area contributed by atoms with Crippen LogP contribution in [0.2, 0.25) is 5.02 Å². The van der Waals surface area contributed by atoms with Crippen molar-refractivity contribution in [1.29, 1.82) is 0 Å². The van der Waals surface area contributed by atoms with Gasteiger partial charge in [-0.2, -0.15) is 5.10 Å². The van der Waals surface area contributed by atoms with E-state index in [1.807, 2.05) is 0 Å². The number of ether oxygens (including phenoxy) is 3. The Bertz CT molecular complexity index is 1560. The molecule has 200 valence electrons. The summed E-state index contributed by atoms with van der Waals surface area (Å²) in [5.74, 6) is -0.507. The number of nitrogens with zero attached hydrogens (tertiary/aromatic N) is 1. The minimum absolute atomic E-state index is 0.237. The molecule has 8 nitrogen and oxygen atoms in total. The van der Waals surface area contributed by atoms with E-state index in [0.29, 0.717) is 33.0 Å². The lowest BCUT2D eigenvalue weighted by atomic mass is 10.1. The summed E-state index contributed by atoms with van der Waals surface area (Å²) in [4.78, 5) is 37.4. The molecule has 4 aromatic carbocycles. The molecule has 0 unspecified atom stereocenters. The maximum absolute atomic E-state index is 12.6. The van der Waals surface area contributed by atoms with Crippen LogP contribution >= 0.6 is 11.6 Å². The van der Waals surface area contributed by atoms with Crippen molar-refractivity contribution < 1.29 is 28.6 Å². The van der Waals surface area contributed by atoms with E-state index in [9.17, 15) is 14.4 Å². The van der Waals surface area contributed by atoms with E-state index in [2.05, 4.69) is 10.5 Å². The van der Waals surface area contributed by atoms with Gasteiger partial charge in [0.05, 0.1) is 18.9 Å². The Labute approximate surface area is 235 Å². The number of hydrogen-bond donors (Lipinski definition) is 1. The van der Waals surface area contributed by atoms with Crippen molar-refractivity contribution in [3.63, 3.8) is 0 Å². The number of esters is 2. The lowest BCUT2D eigenvalue weighted by Crippen LogP contribution is -2.17. The lowest BCUT2D eigenvalue weighted by Gasteiger charge is -2.08. The smallest absolute Gasteiger partial charge is 0.343 e. The first kappa shape index (κ1) is 27.8. The van der Waals surface area contributed by atoms with Gasteiger partial charge in [-0.3, -0.25) is 4.79 Å². The third kappa shape index (κ3) is 7.66. The molecule has 0 aromatic heterocycles. The van der Waals surface area contributed by atoms with E-state index in [4.69, 9.17) is 25.8 Å². The molecule has 40 heavy (non-hydrogen) atoms. The third-order valence-electron chi connectivity index (χ3n) is 5.45. The van der Waals surface area contributed by atoms with Gasteiger partial charge >= 0.3 is 11.9 Å². The molecular formula is C31H23ClN2O6. The van der Waals surface area contributed by atoms with Gasteiger partial charge in [-0.25, -0.2) is 15.0 Å². The minimum Gasteiger partial charge on any atom is -0.497 e. The summed E-state index contributed by atoms with van der Waals surface area (Å²) in [7, 11) is 1.54. The van der Waals surface area contributed by atoms with Crippen LogP contribution in [0.1, 0.15) is 31.8 Å². The van der Waals surface area contributed by atoms with Crippen LogP contribution in [0.5, 0.6) is 17.2 Å². The van der Waals surface area contributed by atoms with Crippen LogP contribution in [0.15, 0.2) is 108 Å². The number of carbonyl (C=O) groups excluding carboxylic acids is 3. The Morgan fingerprint density at radius 3 is 2.02 bits per heavy atom. The first-order valence-electron chi connectivity index (χ1n) is 12.0. The maximum Gasteiger partial charge on any atom is 0.343 e. The molecule has 0 fully saturated rings. The molecule has 1 amide bonds. The molecule has 0 saturated heterocycles. The van der Waals surface area contributed by atoms with Crippen LogP contribution in [0, 0.1) is 0 Å². The summed E-state index contributed by atoms with van der Waals surface area (Å²) < 4.78 is 16.1. The van der Waals surface area contributed by atoms with E-state index in [1.54, 1.807) is 97.1 Å². The fourth-order valence-electron chi connectivity index (χ4n) is 3.40. The number of rotatable bonds is 9. The van der Waals surface area contributed by atoms with Gasteiger partial charge in [-0.1, -0.05) is 41.9 Å². The molecule has 4 aromatic rings. The molecule has 9 heteroatoms. The Kier molecular flexibility index (Phi) is 9.42. The fourth-order valence-corrected chi connectivity index (χ4v) is 3.53. The number of amides is 1. The molecule has 4 rings (SSSR count). The molecule has 0 bridgehead atoms. The Hall–Kier alpha value is -5.21. The van der Waals surface area contributed by atoms with Crippen molar-refractivity contribution in [2.75, 3.05) is 7.11 Å². The second-order valence-corrected chi connectivity index (χ2v) is 8.59. The van der Waals surface area contributed by atoms with Crippen LogP contribution < -0.4 is 19.6 Å². The standard InChI is InChI=1S/C31H23ClN2O6/c1-38-26-17-12-23(13-18-26)31(37)40-27-8-4-2-6-21(27)14-19-29(35)39-28-9-5-3-7-24(28)20-33-34-30(36)22-10-15-25(32)16-11-22/h2-20H,1H3,(H,34,36)/b19-14+,33-20+.